The maximum Gasteiger partial charge on any atom is 0.306 e. The van der Waals surface area contributed by atoms with Gasteiger partial charge >= 0.3 is 5.97 Å². The first-order valence-electron chi connectivity index (χ1n) is 4.70. The van der Waals surface area contributed by atoms with Crippen LogP contribution in [0.2, 0.25) is 0 Å². The highest BCUT2D eigenvalue weighted by Gasteiger charge is 2.30. The van der Waals surface area contributed by atoms with Crippen molar-refractivity contribution < 1.29 is 14.6 Å². The molecule has 1 N–H and O–H groups in total. The van der Waals surface area contributed by atoms with E-state index >= 15 is 0 Å². The molecule has 1 fully saturated rings. The Hall–Kier alpha value is -1.35. The van der Waals surface area contributed by atoms with Crippen LogP contribution in [0.4, 0.5) is 0 Å². The Labute approximate surface area is 82.3 Å². The Morgan fingerprint density at radius 3 is 2.64 bits per heavy atom. The number of carbonyl (C=O) groups excluding carboxylic acids is 1. The summed E-state index contributed by atoms with van der Waals surface area (Å²) >= 11 is 0. The Morgan fingerprint density at radius 1 is 1.36 bits per heavy atom. The third kappa shape index (κ3) is 1.77. The molecule has 3 heteroatoms. The highest BCUT2D eigenvalue weighted by Crippen LogP contribution is 2.26. The lowest BCUT2D eigenvalue weighted by molar-refractivity contribution is -0.145. The molecule has 1 aliphatic heterocycles. The monoisotopic (exact) mass is 192 g/mol. The molecule has 74 valence electrons. The quantitative estimate of drug-likeness (QED) is 0.721. The van der Waals surface area contributed by atoms with Gasteiger partial charge < -0.3 is 9.84 Å². The van der Waals surface area contributed by atoms with Crippen LogP contribution in [-0.2, 0) is 9.53 Å². The van der Waals surface area contributed by atoms with Crippen LogP contribution in [0.25, 0.3) is 0 Å². The van der Waals surface area contributed by atoms with E-state index in [0.717, 1.165) is 5.56 Å². The molecule has 1 heterocycles. The van der Waals surface area contributed by atoms with Crippen molar-refractivity contribution in [2.75, 3.05) is 0 Å². The number of carbonyl (C=O) groups is 1. The molecule has 1 aliphatic rings. The summed E-state index contributed by atoms with van der Waals surface area (Å²) in [7, 11) is 0. The van der Waals surface area contributed by atoms with Crippen molar-refractivity contribution in [3.63, 3.8) is 0 Å². The molecular formula is C11H12O3. The van der Waals surface area contributed by atoms with Gasteiger partial charge in [0.05, 0.1) is 0 Å². The van der Waals surface area contributed by atoms with Crippen molar-refractivity contribution in [2.45, 2.75) is 25.0 Å². The fourth-order valence-electron chi connectivity index (χ4n) is 1.63. The predicted octanol–water partition coefficient (Wildman–Crippen LogP) is 1.43. The van der Waals surface area contributed by atoms with Crippen LogP contribution in [0, 0.1) is 0 Å². The summed E-state index contributed by atoms with van der Waals surface area (Å²) < 4.78 is 4.99. The molecule has 0 aliphatic carbocycles. The molecule has 0 spiro atoms. The maximum absolute atomic E-state index is 10.9. The largest absolute Gasteiger partial charge is 0.459 e. The third-order valence-corrected chi connectivity index (χ3v) is 2.41. The van der Waals surface area contributed by atoms with E-state index < -0.39 is 6.10 Å². The minimum Gasteiger partial charge on any atom is -0.459 e. The van der Waals surface area contributed by atoms with Crippen molar-refractivity contribution in [1.82, 2.24) is 0 Å². The van der Waals surface area contributed by atoms with Crippen LogP contribution < -0.4 is 0 Å². The van der Waals surface area contributed by atoms with Crippen LogP contribution in [0.1, 0.15) is 24.5 Å². The zero-order valence-electron chi connectivity index (χ0n) is 7.72. The predicted molar refractivity (Wildman–Crippen MR) is 50.5 cm³/mol. The fraction of sp³-hybridized carbons (Fsp3) is 0.364. The lowest BCUT2D eigenvalue weighted by Crippen LogP contribution is -2.17. The van der Waals surface area contributed by atoms with Crippen molar-refractivity contribution in [1.29, 1.82) is 0 Å². The lowest BCUT2D eigenvalue weighted by Gasteiger charge is -2.16. The first kappa shape index (κ1) is 9.21. The van der Waals surface area contributed by atoms with Gasteiger partial charge in [0.15, 0.2) is 0 Å². The molecule has 1 aromatic carbocycles. The van der Waals surface area contributed by atoms with Crippen molar-refractivity contribution >= 4 is 5.97 Å². The maximum atomic E-state index is 10.9. The summed E-state index contributed by atoms with van der Waals surface area (Å²) in [5.41, 5.74) is 0.798. The molecule has 0 bridgehead atoms. The lowest BCUT2D eigenvalue weighted by atomic mass is 10.0. The van der Waals surface area contributed by atoms with Crippen molar-refractivity contribution in [3.8, 4) is 0 Å². The molecule has 14 heavy (non-hydrogen) atoms. The van der Waals surface area contributed by atoms with Gasteiger partial charge in [-0.2, -0.15) is 0 Å². The number of benzene rings is 1. The first-order chi connectivity index (χ1) is 6.77. The Bertz CT molecular complexity index is 321. The number of esters is 1. The zero-order valence-corrected chi connectivity index (χ0v) is 7.72. The molecule has 1 aromatic rings. The minimum atomic E-state index is -0.692. The highest BCUT2D eigenvalue weighted by atomic mass is 16.6. The van der Waals surface area contributed by atoms with Gasteiger partial charge in [-0.25, -0.2) is 0 Å². The number of hydrogen-bond acceptors (Lipinski definition) is 3. The van der Waals surface area contributed by atoms with Crippen molar-refractivity contribution in [2.24, 2.45) is 0 Å². The van der Waals surface area contributed by atoms with E-state index in [9.17, 15) is 9.90 Å². The summed E-state index contributed by atoms with van der Waals surface area (Å²) in [5.74, 6) is -0.218. The van der Waals surface area contributed by atoms with Gasteiger partial charge in [0.1, 0.15) is 12.2 Å². The van der Waals surface area contributed by atoms with Gasteiger partial charge in [0, 0.05) is 6.42 Å². The molecule has 0 unspecified atom stereocenters. The number of ether oxygens (including phenoxy) is 1. The molecule has 0 amide bonds. The van der Waals surface area contributed by atoms with E-state index in [1.54, 1.807) is 0 Å². The summed E-state index contributed by atoms with van der Waals surface area (Å²) in [4.78, 5) is 10.9. The molecule has 2 rings (SSSR count). The Kier molecular flexibility index (Phi) is 2.50. The smallest absolute Gasteiger partial charge is 0.306 e. The summed E-state index contributed by atoms with van der Waals surface area (Å²) in [6.07, 6.45) is -0.0451. The van der Waals surface area contributed by atoms with Gasteiger partial charge in [0.2, 0.25) is 0 Å². The SMILES string of the molecule is O=C1CC[C@H]([C@H](O)c2ccccc2)O1. The number of aliphatic hydroxyl groups is 1. The number of rotatable bonds is 2. The average Bonchev–Trinajstić information content (AvgIpc) is 2.65. The van der Waals surface area contributed by atoms with E-state index in [2.05, 4.69) is 0 Å². The van der Waals surface area contributed by atoms with Crippen LogP contribution in [0.15, 0.2) is 30.3 Å². The first-order valence-corrected chi connectivity index (χ1v) is 4.70. The van der Waals surface area contributed by atoms with Crippen molar-refractivity contribution in [3.05, 3.63) is 35.9 Å². The summed E-state index contributed by atoms with van der Waals surface area (Å²) in [6.45, 7) is 0. The summed E-state index contributed by atoms with van der Waals surface area (Å²) in [6, 6.07) is 9.26. The van der Waals surface area contributed by atoms with Gasteiger partial charge in [-0.1, -0.05) is 30.3 Å². The van der Waals surface area contributed by atoms with E-state index in [-0.39, 0.29) is 12.1 Å². The van der Waals surface area contributed by atoms with Gasteiger partial charge in [0.25, 0.3) is 0 Å². The number of cyclic esters (lactones) is 1. The molecule has 0 radical (unpaired) electrons. The van der Waals surface area contributed by atoms with E-state index in [1.807, 2.05) is 30.3 Å². The second kappa shape index (κ2) is 3.80. The topological polar surface area (TPSA) is 46.5 Å². The Balaban J connectivity index is 2.09. The second-order valence-corrected chi connectivity index (χ2v) is 3.42. The van der Waals surface area contributed by atoms with Gasteiger partial charge in [-0.05, 0) is 12.0 Å². The third-order valence-electron chi connectivity index (χ3n) is 2.41. The normalized spacial score (nSPS) is 23.2. The standard InChI is InChI=1S/C11H12O3/c12-10-7-6-9(14-10)11(13)8-4-2-1-3-5-8/h1-5,9,11,13H,6-7H2/t9-,11-/m1/s1. The molecule has 0 saturated carbocycles. The van der Waals surface area contributed by atoms with Gasteiger partial charge in [-0.3, -0.25) is 4.79 Å². The van der Waals surface area contributed by atoms with Gasteiger partial charge in [-0.15, -0.1) is 0 Å². The highest BCUT2D eigenvalue weighted by molar-refractivity contribution is 5.71. The average molecular weight is 192 g/mol. The Morgan fingerprint density at radius 2 is 2.07 bits per heavy atom. The number of aliphatic hydroxyl groups excluding tert-OH is 1. The number of hydrogen-bond donors (Lipinski definition) is 1. The minimum absolute atomic E-state index is 0.218. The molecule has 2 atom stereocenters. The fourth-order valence-corrected chi connectivity index (χ4v) is 1.63. The van der Waals surface area contributed by atoms with Crippen LogP contribution in [0.5, 0.6) is 0 Å². The second-order valence-electron chi connectivity index (χ2n) is 3.42. The van der Waals surface area contributed by atoms with Crippen LogP contribution in [0.3, 0.4) is 0 Å². The zero-order chi connectivity index (χ0) is 9.97. The molecule has 1 saturated heterocycles. The van der Waals surface area contributed by atoms with Crippen LogP contribution >= 0.6 is 0 Å². The molecular weight excluding hydrogens is 180 g/mol. The van der Waals surface area contributed by atoms with E-state index in [0.29, 0.717) is 12.8 Å². The molecule has 0 aromatic heterocycles. The van der Waals surface area contributed by atoms with E-state index in [1.165, 1.54) is 0 Å². The molecule has 3 nitrogen and oxygen atoms in total. The van der Waals surface area contributed by atoms with E-state index in [4.69, 9.17) is 4.74 Å². The van der Waals surface area contributed by atoms with Crippen LogP contribution in [-0.4, -0.2) is 17.2 Å². The summed E-state index contributed by atoms with van der Waals surface area (Å²) in [5, 5.41) is 9.86.